The largest absolute Gasteiger partial charge is 0.452 e. The number of ether oxygens (including phenoxy) is 1. The molecule has 0 N–H and O–H groups in total. The van der Waals surface area contributed by atoms with Crippen molar-refractivity contribution in [3.63, 3.8) is 0 Å². The Kier molecular flexibility index (Phi) is 5.33. The lowest BCUT2D eigenvalue weighted by Crippen LogP contribution is -2.38. The number of hydrogen-bond donors (Lipinski definition) is 0. The van der Waals surface area contributed by atoms with Crippen molar-refractivity contribution in [2.24, 2.45) is 0 Å². The second-order valence-corrected chi connectivity index (χ2v) is 7.04. The second kappa shape index (κ2) is 7.47. The predicted molar refractivity (Wildman–Crippen MR) is 96.3 cm³/mol. The first-order chi connectivity index (χ1) is 11.6. The quantitative estimate of drug-likeness (QED) is 0.743. The summed E-state index contributed by atoms with van der Waals surface area (Å²) in [4.78, 5) is 27.2. The van der Waals surface area contributed by atoms with Gasteiger partial charge in [0.15, 0.2) is 6.61 Å². The summed E-state index contributed by atoms with van der Waals surface area (Å²) in [6, 6.07) is 12.2. The number of thioether (sulfide) groups is 1. The number of para-hydroxylation sites is 1. The fourth-order valence-electron chi connectivity index (χ4n) is 2.37. The molecule has 1 aliphatic heterocycles. The molecule has 1 aliphatic rings. The molecule has 1 amide bonds. The Bertz CT molecular complexity index is 797. The maximum atomic E-state index is 12.4. The molecule has 0 atom stereocenters. The van der Waals surface area contributed by atoms with Crippen molar-refractivity contribution in [3.8, 4) is 0 Å². The summed E-state index contributed by atoms with van der Waals surface area (Å²) < 4.78 is 5.11. The van der Waals surface area contributed by atoms with Crippen LogP contribution in [-0.4, -0.2) is 30.8 Å². The zero-order valence-corrected chi connectivity index (χ0v) is 14.8. The van der Waals surface area contributed by atoms with E-state index in [9.17, 15) is 9.59 Å². The molecule has 24 heavy (non-hydrogen) atoms. The summed E-state index contributed by atoms with van der Waals surface area (Å²) in [7, 11) is 0. The molecule has 0 aliphatic carbocycles. The van der Waals surface area contributed by atoms with Crippen LogP contribution in [0.5, 0.6) is 0 Å². The van der Waals surface area contributed by atoms with Gasteiger partial charge in [0.25, 0.3) is 5.91 Å². The lowest BCUT2D eigenvalue weighted by molar-refractivity contribution is -0.121. The highest BCUT2D eigenvalue weighted by Crippen LogP contribution is 2.34. The zero-order valence-electron chi connectivity index (χ0n) is 12.5. The van der Waals surface area contributed by atoms with Crippen molar-refractivity contribution < 1.29 is 14.3 Å². The molecule has 4 nitrogen and oxygen atoms in total. The van der Waals surface area contributed by atoms with Crippen molar-refractivity contribution >= 4 is 52.5 Å². The topological polar surface area (TPSA) is 46.6 Å². The van der Waals surface area contributed by atoms with Gasteiger partial charge in [-0.3, -0.25) is 4.79 Å². The number of fused-ring (bicyclic) bond motifs is 1. The van der Waals surface area contributed by atoms with Gasteiger partial charge in [0.05, 0.1) is 16.3 Å². The molecule has 0 spiro atoms. The Morgan fingerprint density at radius 3 is 2.79 bits per heavy atom. The lowest BCUT2D eigenvalue weighted by atomic mass is 10.2. The molecule has 0 saturated heterocycles. The van der Waals surface area contributed by atoms with Gasteiger partial charge in [0.2, 0.25) is 0 Å². The molecule has 2 aromatic rings. The number of esters is 1. The van der Waals surface area contributed by atoms with Gasteiger partial charge in [-0.1, -0.05) is 35.3 Å². The van der Waals surface area contributed by atoms with E-state index in [1.165, 1.54) is 12.1 Å². The van der Waals surface area contributed by atoms with Crippen molar-refractivity contribution in [3.05, 3.63) is 58.1 Å². The van der Waals surface area contributed by atoms with E-state index >= 15 is 0 Å². The van der Waals surface area contributed by atoms with Crippen LogP contribution in [-0.2, 0) is 9.53 Å². The van der Waals surface area contributed by atoms with E-state index in [4.69, 9.17) is 27.9 Å². The fraction of sp³-hybridized carbons (Fsp3) is 0.176. The number of nitrogens with zero attached hydrogens (tertiary/aromatic N) is 1. The molecule has 2 aromatic carbocycles. The van der Waals surface area contributed by atoms with Crippen LogP contribution in [0.4, 0.5) is 5.69 Å². The van der Waals surface area contributed by atoms with Crippen LogP contribution >= 0.6 is 35.0 Å². The van der Waals surface area contributed by atoms with E-state index in [-0.39, 0.29) is 23.1 Å². The van der Waals surface area contributed by atoms with Gasteiger partial charge >= 0.3 is 5.97 Å². The SMILES string of the molecule is O=C(OCC(=O)N1CCSc2ccccc21)c1cc(Cl)ccc1Cl. The Morgan fingerprint density at radius 1 is 1.17 bits per heavy atom. The highest BCUT2D eigenvalue weighted by Gasteiger charge is 2.24. The molecule has 0 fully saturated rings. The third kappa shape index (κ3) is 3.69. The van der Waals surface area contributed by atoms with Crippen LogP contribution in [0.3, 0.4) is 0 Å². The fourth-order valence-corrected chi connectivity index (χ4v) is 3.73. The van der Waals surface area contributed by atoms with Gasteiger partial charge in [-0.05, 0) is 30.3 Å². The van der Waals surface area contributed by atoms with Gasteiger partial charge in [0.1, 0.15) is 0 Å². The highest BCUT2D eigenvalue weighted by atomic mass is 35.5. The average molecular weight is 382 g/mol. The Balaban J connectivity index is 1.68. The summed E-state index contributed by atoms with van der Waals surface area (Å²) in [5.74, 6) is -0.138. The van der Waals surface area contributed by atoms with E-state index in [0.29, 0.717) is 11.6 Å². The van der Waals surface area contributed by atoms with E-state index < -0.39 is 5.97 Å². The van der Waals surface area contributed by atoms with Crippen LogP contribution in [0.2, 0.25) is 10.0 Å². The van der Waals surface area contributed by atoms with Crippen LogP contribution in [0.1, 0.15) is 10.4 Å². The first-order valence-electron chi connectivity index (χ1n) is 7.20. The van der Waals surface area contributed by atoms with Crippen LogP contribution in [0, 0.1) is 0 Å². The zero-order chi connectivity index (χ0) is 17.1. The number of anilines is 1. The molecular formula is C17H13Cl2NO3S. The molecule has 124 valence electrons. The summed E-state index contributed by atoms with van der Waals surface area (Å²) in [6.45, 7) is 0.233. The smallest absolute Gasteiger partial charge is 0.340 e. The van der Waals surface area contributed by atoms with E-state index in [2.05, 4.69) is 0 Å². The number of benzene rings is 2. The Labute approximate surface area is 153 Å². The minimum atomic E-state index is -0.671. The molecule has 0 saturated carbocycles. The van der Waals surface area contributed by atoms with Gasteiger partial charge in [-0.15, -0.1) is 11.8 Å². The van der Waals surface area contributed by atoms with Gasteiger partial charge in [0, 0.05) is 22.2 Å². The van der Waals surface area contributed by atoms with Gasteiger partial charge in [-0.2, -0.15) is 0 Å². The minimum Gasteiger partial charge on any atom is -0.452 e. The summed E-state index contributed by atoms with van der Waals surface area (Å²) >= 11 is 13.5. The maximum Gasteiger partial charge on any atom is 0.340 e. The van der Waals surface area contributed by atoms with E-state index in [1.54, 1.807) is 22.7 Å². The number of carbonyl (C=O) groups is 2. The third-order valence-corrected chi connectivity index (χ3v) is 5.11. The predicted octanol–water partition coefficient (Wildman–Crippen LogP) is 4.29. The van der Waals surface area contributed by atoms with E-state index in [0.717, 1.165) is 16.3 Å². The number of carbonyl (C=O) groups excluding carboxylic acids is 2. The number of hydrogen-bond acceptors (Lipinski definition) is 4. The molecule has 0 unspecified atom stereocenters. The molecule has 0 bridgehead atoms. The Hall–Kier alpha value is -1.69. The van der Waals surface area contributed by atoms with Crippen molar-refractivity contribution in [2.45, 2.75) is 4.90 Å². The van der Waals surface area contributed by atoms with Crippen molar-refractivity contribution in [2.75, 3.05) is 23.8 Å². The summed E-state index contributed by atoms with van der Waals surface area (Å²) in [6.07, 6.45) is 0. The van der Waals surface area contributed by atoms with Crippen LogP contribution < -0.4 is 4.90 Å². The monoisotopic (exact) mass is 381 g/mol. The normalized spacial score (nSPS) is 13.3. The molecule has 1 heterocycles. The minimum absolute atomic E-state index is 0.145. The molecule has 0 radical (unpaired) electrons. The second-order valence-electron chi connectivity index (χ2n) is 5.06. The molecule has 7 heteroatoms. The molecule has 3 rings (SSSR count). The van der Waals surface area contributed by atoms with Crippen LogP contribution in [0.25, 0.3) is 0 Å². The first-order valence-corrected chi connectivity index (χ1v) is 8.95. The molecular weight excluding hydrogens is 369 g/mol. The summed E-state index contributed by atoms with van der Waals surface area (Å²) in [5.41, 5.74) is 0.988. The average Bonchev–Trinajstić information content (AvgIpc) is 2.61. The standard InChI is InChI=1S/C17H13Cl2NO3S/c18-11-5-6-13(19)12(9-11)17(22)23-10-16(21)20-7-8-24-15-4-2-1-3-14(15)20/h1-6,9H,7-8,10H2. The third-order valence-electron chi connectivity index (χ3n) is 3.50. The highest BCUT2D eigenvalue weighted by molar-refractivity contribution is 7.99. The van der Waals surface area contributed by atoms with Gasteiger partial charge in [-0.25, -0.2) is 4.79 Å². The number of rotatable bonds is 3. The Morgan fingerprint density at radius 2 is 1.96 bits per heavy atom. The van der Waals surface area contributed by atoms with Crippen LogP contribution in [0.15, 0.2) is 47.4 Å². The van der Waals surface area contributed by atoms with E-state index in [1.807, 2.05) is 24.3 Å². The molecule has 0 aromatic heterocycles. The first kappa shape index (κ1) is 17.1. The summed E-state index contributed by atoms with van der Waals surface area (Å²) in [5, 5.41) is 0.608. The van der Waals surface area contributed by atoms with Crippen molar-refractivity contribution in [1.29, 1.82) is 0 Å². The number of amides is 1. The van der Waals surface area contributed by atoms with Gasteiger partial charge < -0.3 is 9.64 Å². The maximum absolute atomic E-state index is 12.4. The van der Waals surface area contributed by atoms with Crippen molar-refractivity contribution in [1.82, 2.24) is 0 Å². The lowest BCUT2D eigenvalue weighted by Gasteiger charge is -2.28. The number of halogens is 2.